The number of benzene rings is 2. The highest BCUT2D eigenvalue weighted by Crippen LogP contribution is 2.32. The van der Waals surface area contributed by atoms with Crippen LogP contribution in [0.2, 0.25) is 0 Å². The van der Waals surface area contributed by atoms with Crippen LogP contribution in [0.3, 0.4) is 0 Å². The third-order valence-electron chi connectivity index (χ3n) is 4.17. The molecule has 1 heterocycles. The van der Waals surface area contributed by atoms with Crippen LogP contribution in [0.5, 0.6) is 5.75 Å². The van der Waals surface area contributed by atoms with Gasteiger partial charge in [0.1, 0.15) is 11.8 Å². The summed E-state index contributed by atoms with van der Waals surface area (Å²) in [7, 11) is 0. The lowest BCUT2D eigenvalue weighted by Crippen LogP contribution is -2.43. The van der Waals surface area contributed by atoms with Gasteiger partial charge in [0.05, 0.1) is 5.69 Å². The molecule has 3 rings (SSSR count). The molecule has 1 atom stereocenters. The Hall–Kier alpha value is -3.60. The van der Waals surface area contributed by atoms with E-state index in [1.807, 2.05) is 0 Å². The van der Waals surface area contributed by atoms with E-state index in [0.717, 1.165) is 0 Å². The van der Waals surface area contributed by atoms with Gasteiger partial charge in [-0.15, -0.1) is 6.42 Å². The van der Waals surface area contributed by atoms with E-state index in [2.05, 4.69) is 21.3 Å². The Morgan fingerprint density at radius 3 is 2.79 bits per heavy atom. The molecule has 1 aliphatic rings. The van der Waals surface area contributed by atoms with Gasteiger partial charge in [-0.25, -0.2) is 4.79 Å². The maximum atomic E-state index is 12.6. The van der Waals surface area contributed by atoms with Crippen LogP contribution < -0.4 is 20.3 Å². The molecule has 0 radical (unpaired) electrons. The van der Waals surface area contributed by atoms with Gasteiger partial charge >= 0.3 is 12.6 Å². The molecular weight excluding hydrogens is 368 g/mol. The molecule has 6 nitrogen and oxygen atoms in total. The molecule has 144 valence electrons. The molecule has 1 saturated heterocycles. The molecule has 8 heteroatoms. The lowest BCUT2D eigenvalue weighted by molar-refractivity contribution is -0.118. The number of alkyl halides is 2. The first kappa shape index (κ1) is 19.2. The van der Waals surface area contributed by atoms with Crippen LogP contribution in [0.4, 0.5) is 25.0 Å². The summed E-state index contributed by atoms with van der Waals surface area (Å²) in [5.74, 6) is 1.97. The van der Waals surface area contributed by atoms with Crippen molar-refractivity contribution in [3.05, 3.63) is 54.1 Å². The van der Waals surface area contributed by atoms with Crippen molar-refractivity contribution < 1.29 is 23.1 Å². The molecule has 1 aliphatic heterocycles. The fraction of sp³-hybridized carbons (Fsp3) is 0.200. The van der Waals surface area contributed by atoms with E-state index in [1.54, 1.807) is 30.3 Å². The summed E-state index contributed by atoms with van der Waals surface area (Å²) >= 11 is 0. The van der Waals surface area contributed by atoms with Gasteiger partial charge in [0.15, 0.2) is 0 Å². The number of para-hydroxylation sites is 2. The summed E-state index contributed by atoms with van der Waals surface area (Å²) in [6, 6.07) is 11.4. The number of hydrogen-bond acceptors (Lipinski definition) is 3. The van der Waals surface area contributed by atoms with E-state index in [4.69, 9.17) is 6.42 Å². The highest BCUT2D eigenvalue weighted by Gasteiger charge is 2.35. The van der Waals surface area contributed by atoms with Gasteiger partial charge < -0.3 is 20.3 Å². The van der Waals surface area contributed by atoms with Crippen LogP contribution in [0.1, 0.15) is 12.0 Å². The number of nitrogens with zero attached hydrogens (tertiary/aromatic N) is 1. The summed E-state index contributed by atoms with van der Waals surface area (Å²) < 4.78 is 29.7. The molecule has 0 spiro atoms. The predicted molar refractivity (Wildman–Crippen MR) is 100 cm³/mol. The molecule has 0 bridgehead atoms. The average Bonchev–Trinajstić information content (AvgIpc) is 3.02. The van der Waals surface area contributed by atoms with Crippen molar-refractivity contribution in [1.29, 1.82) is 0 Å². The van der Waals surface area contributed by atoms with E-state index in [-0.39, 0.29) is 18.0 Å². The largest absolute Gasteiger partial charge is 0.433 e. The minimum Gasteiger partial charge on any atom is -0.433 e. The Morgan fingerprint density at radius 1 is 1.25 bits per heavy atom. The number of rotatable bonds is 5. The third-order valence-corrected chi connectivity index (χ3v) is 4.17. The fourth-order valence-electron chi connectivity index (χ4n) is 2.94. The Bertz CT molecular complexity index is 927. The lowest BCUT2D eigenvalue weighted by atomic mass is 10.2. The molecule has 2 aromatic rings. The quantitative estimate of drug-likeness (QED) is 0.777. The Balaban J connectivity index is 1.66. The van der Waals surface area contributed by atoms with Gasteiger partial charge in [0, 0.05) is 17.8 Å². The minimum atomic E-state index is -3.00. The van der Waals surface area contributed by atoms with Crippen LogP contribution in [0.25, 0.3) is 0 Å². The van der Waals surface area contributed by atoms with Gasteiger partial charge in [-0.3, -0.25) is 4.79 Å². The van der Waals surface area contributed by atoms with Crippen LogP contribution in [0.15, 0.2) is 48.5 Å². The molecule has 2 aromatic carbocycles. The zero-order chi connectivity index (χ0) is 20.1. The lowest BCUT2D eigenvalue weighted by Gasteiger charge is -2.20. The van der Waals surface area contributed by atoms with Gasteiger partial charge in [-0.1, -0.05) is 24.1 Å². The number of anilines is 2. The number of amides is 3. The van der Waals surface area contributed by atoms with Crippen molar-refractivity contribution in [2.24, 2.45) is 0 Å². The Kier molecular flexibility index (Phi) is 5.75. The monoisotopic (exact) mass is 385 g/mol. The van der Waals surface area contributed by atoms with E-state index in [0.29, 0.717) is 17.7 Å². The molecule has 0 aliphatic carbocycles. The van der Waals surface area contributed by atoms with Crippen LogP contribution in [-0.2, 0) is 4.79 Å². The van der Waals surface area contributed by atoms with E-state index in [1.165, 1.54) is 23.1 Å². The normalized spacial score (nSPS) is 16.0. The Labute approximate surface area is 160 Å². The molecule has 1 fully saturated rings. The highest BCUT2D eigenvalue weighted by atomic mass is 19.3. The van der Waals surface area contributed by atoms with Crippen LogP contribution in [-0.4, -0.2) is 31.1 Å². The second-order valence-electron chi connectivity index (χ2n) is 6.00. The van der Waals surface area contributed by atoms with Crippen molar-refractivity contribution in [2.75, 3.05) is 16.8 Å². The topological polar surface area (TPSA) is 70.7 Å². The third kappa shape index (κ3) is 4.38. The first-order chi connectivity index (χ1) is 13.5. The van der Waals surface area contributed by atoms with Gasteiger partial charge in [0.25, 0.3) is 0 Å². The summed E-state index contributed by atoms with van der Waals surface area (Å²) in [5.41, 5.74) is 1.33. The van der Waals surface area contributed by atoms with Crippen molar-refractivity contribution in [3.8, 4) is 18.1 Å². The number of terminal acetylenes is 1. The van der Waals surface area contributed by atoms with Crippen molar-refractivity contribution in [2.45, 2.75) is 19.1 Å². The second-order valence-corrected chi connectivity index (χ2v) is 6.00. The molecule has 0 unspecified atom stereocenters. The first-order valence-electron chi connectivity index (χ1n) is 8.47. The number of ether oxygens (including phenoxy) is 1. The maximum Gasteiger partial charge on any atom is 0.387 e. The van der Waals surface area contributed by atoms with Crippen molar-refractivity contribution in [3.63, 3.8) is 0 Å². The highest BCUT2D eigenvalue weighted by molar-refractivity contribution is 6.03. The number of nitrogens with one attached hydrogen (secondary N) is 2. The van der Waals surface area contributed by atoms with Crippen molar-refractivity contribution >= 4 is 23.3 Å². The smallest absolute Gasteiger partial charge is 0.387 e. The zero-order valence-corrected chi connectivity index (χ0v) is 14.7. The predicted octanol–water partition coefficient (Wildman–Crippen LogP) is 3.20. The zero-order valence-electron chi connectivity index (χ0n) is 14.7. The molecule has 28 heavy (non-hydrogen) atoms. The number of carbonyl (C=O) groups excluding carboxylic acids is 2. The molecule has 3 amide bonds. The summed E-state index contributed by atoms with van der Waals surface area (Å²) in [6.07, 6.45) is 5.66. The standard InChI is InChI=1S/C20H17F2N3O3/c1-2-13-6-5-7-14(12-13)23-20(27)24-15-10-11-25(18(15)26)16-8-3-4-9-17(16)28-19(21)22/h1,3-9,12,15,19H,10-11H2,(H2,23,24,27)/t15-/m0/s1. The molecule has 0 saturated carbocycles. The van der Waals surface area contributed by atoms with Crippen LogP contribution >= 0.6 is 0 Å². The fourth-order valence-corrected chi connectivity index (χ4v) is 2.94. The summed E-state index contributed by atoms with van der Waals surface area (Å²) in [6.45, 7) is -2.74. The van der Waals surface area contributed by atoms with Gasteiger partial charge in [-0.05, 0) is 36.8 Å². The van der Waals surface area contributed by atoms with Gasteiger partial charge in [0.2, 0.25) is 5.91 Å². The number of hydrogen-bond donors (Lipinski definition) is 2. The molecular formula is C20H17F2N3O3. The average molecular weight is 385 g/mol. The van der Waals surface area contributed by atoms with Crippen LogP contribution in [0, 0.1) is 12.3 Å². The van der Waals surface area contributed by atoms with E-state index in [9.17, 15) is 18.4 Å². The number of halogens is 2. The Morgan fingerprint density at radius 2 is 2.04 bits per heavy atom. The molecule has 0 aromatic heterocycles. The molecule has 2 N–H and O–H groups in total. The SMILES string of the molecule is C#Cc1cccc(NC(=O)N[C@H]2CCN(c3ccccc3OC(F)F)C2=O)c1. The summed E-state index contributed by atoms with van der Waals surface area (Å²) in [5, 5.41) is 5.21. The number of carbonyl (C=O) groups is 2. The maximum absolute atomic E-state index is 12.6. The van der Waals surface area contributed by atoms with Crippen molar-refractivity contribution in [1.82, 2.24) is 5.32 Å². The first-order valence-corrected chi connectivity index (χ1v) is 8.47. The van der Waals surface area contributed by atoms with Gasteiger partial charge in [-0.2, -0.15) is 8.78 Å². The van der Waals surface area contributed by atoms with E-state index < -0.39 is 24.6 Å². The summed E-state index contributed by atoms with van der Waals surface area (Å²) in [4.78, 5) is 26.2. The minimum absolute atomic E-state index is 0.0953. The number of urea groups is 1. The van der Waals surface area contributed by atoms with E-state index >= 15 is 0 Å². The second kappa shape index (κ2) is 8.39.